The highest BCUT2D eigenvalue weighted by molar-refractivity contribution is 7.99. The lowest BCUT2D eigenvalue weighted by atomic mass is 10.2. The predicted molar refractivity (Wildman–Crippen MR) is 94.7 cm³/mol. The Hall–Kier alpha value is -1.95. The molecule has 5 nitrogen and oxygen atoms in total. The number of rotatable bonds is 2. The molecule has 1 fully saturated rings. The van der Waals surface area contributed by atoms with Gasteiger partial charge in [0, 0.05) is 50.2 Å². The minimum absolute atomic E-state index is 0.0858. The predicted octanol–water partition coefficient (Wildman–Crippen LogP) is 2.07. The Balaban J connectivity index is 1.50. The normalized spacial score (nSPS) is 17.9. The van der Waals surface area contributed by atoms with E-state index >= 15 is 0 Å². The van der Waals surface area contributed by atoms with Crippen LogP contribution in [0, 0.1) is 0 Å². The van der Waals surface area contributed by atoms with Crippen LogP contribution in [-0.2, 0) is 6.54 Å². The van der Waals surface area contributed by atoms with Crippen LogP contribution < -0.4 is 15.4 Å². The topological polar surface area (TPSA) is 41.4 Å². The third-order valence-electron chi connectivity index (χ3n) is 4.44. The fourth-order valence-corrected chi connectivity index (χ4v) is 4.12. The molecule has 2 aliphatic heterocycles. The first-order chi connectivity index (χ1) is 11.3. The summed E-state index contributed by atoms with van der Waals surface area (Å²) in [6, 6.07) is 12.2. The number of anilines is 2. The van der Waals surface area contributed by atoms with Gasteiger partial charge >= 0.3 is 0 Å². The van der Waals surface area contributed by atoms with Crippen LogP contribution >= 0.6 is 11.8 Å². The molecule has 0 amide bonds. The Kier molecular flexibility index (Phi) is 3.99. The smallest absolute Gasteiger partial charge is 0.256 e. The van der Waals surface area contributed by atoms with Gasteiger partial charge < -0.3 is 9.80 Å². The molecular weight excluding hydrogens is 308 g/mol. The number of nitrogens with zero attached hydrogens (tertiary/aromatic N) is 4. The van der Waals surface area contributed by atoms with Gasteiger partial charge in [0.2, 0.25) is 0 Å². The molecule has 0 aliphatic carbocycles. The van der Waals surface area contributed by atoms with E-state index in [2.05, 4.69) is 34.1 Å². The van der Waals surface area contributed by atoms with Crippen LogP contribution in [0.1, 0.15) is 6.42 Å². The summed E-state index contributed by atoms with van der Waals surface area (Å²) < 4.78 is 1.80. The number of aromatic nitrogens is 2. The van der Waals surface area contributed by atoms with Crippen molar-refractivity contribution in [3.8, 4) is 0 Å². The summed E-state index contributed by atoms with van der Waals surface area (Å²) >= 11 is 1.69. The number of piperazine rings is 1. The standard InChI is InChI=1S/C17H20N4OS/c22-16-13-15(18-17-21(16)7-4-12-23-17)20-10-8-19(9-11-20)14-5-2-1-3-6-14/h1-3,5-6,13H,4,7-12H2. The Morgan fingerprint density at radius 1 is 0.957 bits per heavy atom. The molecule has 2 aromatic rings. The second-order valence-corrected chi connectivity index (χ2v) is 6.96. The SMILES string of the molecule is O=c1cc(N2CCN(c3ccccc3)CC2)nc2n1CCCS2. The number of hydrogen-bond acceptors (Lipinski definition) is 5. The maximum Gasteiger partial charge on any atom is 0.256 e. The fourth-order valence-electron chi connectivity index (χ4n) is 3.17. The lowest BCUT2D eigenvalue weighted by Crippen LogP contribution is -2.47. The molecule has 0 saturated carbocycles. The molecule has 6 heteroatoms. The van der Waals surface area contributed by atoms with Gasteiger partial charge in [0.05, 0.1) is 0 Å². The largest absolute Gasteiger partial charge is 0.368 e. The summed E-state index contributed by atoms with van der Waals surface area (Å²) in [4.78, 5) is 21.6. The lowest BCUT2D eigenvalue weighted by Gasteiger charge is -2.37. The number of thioether (sulfide) groups is 1. The van der Waals surface area contributed by atoms with Gasteiger partial charge in [-0.25, -0.2) is 4.98 Å². The third-order valence-corrected chi connectivity index (χ3v) is 5.50. The molecule has 120 valence electrons. The van der Waals surface area contributed by atoms with E-state index in [9.17, 15) is 4.79 Å². The molecule has 0 radical (unpaired) electrons. The van der Waals surface area contributed by atoms with E-state index in [1.807, 2.05) is 6.07 Å². The first-order valence-corrected chi connectivity index (χ1v) is 9.09. The number of para-hydroxylation sites is 1. The third kappa shape index (κ3) is 2.95. The van der Waals surface area contributed by atoms with E-state index < -0.39 is 0 Å². The molecule has 2 aliphatic rings. The molecule has 23 heavy (non-hydrogen) atoms. The van der Waals surface area contributed by atoms with Crippen LogP contribution in [0.2, 0.25) is 0 Å². The Labute approximate surface area is 139 Å². The van der Waals surface area contributed by atoms with Crippen molar-refractivity contribution in [2.75, 3.05) is 41.7 Å². The minimum atomic E-state index is 0.0858. The monoisotopic (exact) mass is 328 g/mol. The highest BCUT2D eigenvalue weighted by Crippen LogP contribution is 2.24. The second-order valence-electron chi connectivity index (χ2n) is 5.90. The second kappa shape index (κ2) is 6.28. The summed E-state index contributed by atoms with van der Waals surface area (Å²) in [5.74, 6) is 1.89. The molecule has 3 heterocycles. The van der Waals surface area contributed by atoms with E-state index in [0.717, 1.165) is 55.9 Å². The molecule has 0 unspecified atom stereocenters. The van der Waals surface area contributed by atoms with Gasteiger partial charge in [-0.05, 0) is 18.6 Å². The van der Waals surface area contributed by atoms with Crippen molar-refractivity contribution in [1.82, 2.24) is 9.55 Å². The zero-order valence-electron chi connectivity index (χ0n) is 13.0. The van der Waals surface area contributed by atoms with Crippen molar-refractivity contribution in [3.05, 3.63) is 46.8 Å². The molecule has 1 aromatic heterocycles. The van der Waals surface area contributed by atoms with Crippen LogP contribution in [-0.4, -0.2) is 41.5 Å². The molecular formula is C17H20N4OS. The fraction of sp³-hybridized carbons (Fsp3) is 0.412. The van der Waals surface area contributed by atoms with Crippen LogP contribution in [0.4, 0.5) is 11.5 Å². The summed E-state index contributed by atoms with van der Waals surface area (Å²) in [5, 5.41) is 0.879. The average Bonchev–Trinajstić information content (AvgIpc) is 2.63. The zero-order valence-corrected chi connectivity index (χ0v) is 13.8. The van der Waals surface area contributed by atoms with Crippen LogP contribution in [0.25, 0.3) is 0 Å². The van der Waals surface area contributed by atoms with Gasteiger partial charge in [0.1, 0.15) is 5.82 Å². The average molecular weight is 328 g/mol. The molecule has 0 N–H and O–H groups in total. The summed E-state index contributed by atoms with van der Waals surface area (Å²) in [5.41, 5.74) is 1.35. The molecule has 0 atom stereocenters. The van der Waals surface area contributed by atoms with Gasteiger partial charge in [-0.2, -0.15) is 0 Å². The lowest BCUT2D eigenvalue weighted by molar-refractivity contribution is 0.556. The molecule has 0 bridgehead atoms. The number of benzene rings is 1. The van der Waals surface area contributed by atoms with Gasteiger partial charge in [0.15, 0.2) is 5.16 Å². The van der Waals surface area contributed by atoms with Crippen molar-refractivity contribution >= 4 is 23.3 Å². The van der Waals surface area contributed by atoms with Gasteiger partial charge in [-0.15, -0.1) is 0 Å². The minimum Gasteiger partial charge on any atom is -0.368 e. The van der Waals surface area contributed by atoms with Crippen molar-refractivity contribution in [1.29, 1.82) is 0 Å². The Bertz CT molecular complexity index is 738. The van der Waals surface area contributed by atoms with E-state index in [1.54, 1.807) is 22.4 Å². The molecule has 1 saturated heterocycles. The Morgan fingerprint density at radius 3 is 2.48 bits per heavy atom. The van der Waals surface area contributed by atoms with Crippen molar-refractivity contribution < 1.29 is 0 Å². The summed E-state index contributed by atoms with van der Waals surface area (Å²) in [7, 11) is 0. The molecule has 4 rings (SSSR count). The van der Waals surface area contributed by atoms with E-state index in [4.69, 9.17) is 4.98 Å². The quantitative estimate of drug-likeness (QED) is 0.790. The van der Waals surface area contributed by atoms with E-state index in [-0.39, 0.29) is 5.56 Å². The molecule has 1 aromatic carbocycles. The van der Waals surface area contributed by atoms with Gasteiger partial charge in [-0.3, -0.25) is 9.36 Å². The highest BCUT2D eigenvalue weighted by atomic mass is 32.2. The van der Waals surface area contributed by atoms with E-state index in [1.165, 1.54) is 5.69 Å². The number of fused-ring (bicyclic) bond motifs is 1. The Morgan fingerprint density at radius 2 is 1.70 bits per heavy atom. The first-order valence-electron chi connectivity index (χ1n) is 8.11. The summed E-state index contributed by atoms with van der Waals surface area (Å²) in [6.45, 7) is 4.51. The van der Waals surface area contributed by atoms with E-state index in [0.29, 0.717) is 0 Å². The van der Waals surface area contributed by atoms with Crippen molar-refractivity contribution in [3.63, 3.8) is 0 Å². The number of hydrogen-bond donors (Lipinski definition) is 0. The highest BCUT2D eigenvalue weighted by Gasteiger charge is 2.21. The maximum atomic E-state index is 12.3. The zero-order chi connectivity index (χ0) is 15.6. The molecule has 0 spiro atoms. The van der Waals surface area contributed by atoms with Crippen LogP contribution in [0.3, 0.4) is 0 Å². The van der Waals surface area contributed by atoms with Gasteiger partial charge in [0.25, 0.3) is 5.56 Å². The first kappa shape index (κ1) is 14.6. The maximum absolute atomic E-state index is 12.3. The van der Waals surface area contributed by atoms with Crippen molar-refractivity contribution in [2.45, 2.75) is 18.1 Å². The van der Waals surface area contributed by atoms with Crippen molar-refractivity contribution in [2.24, 2.45) is 0 Å². The van der Waals surface area contributed by atoms with Crippen LogP contribution in [0.15, 0.2) is 46.3 Å². The van der Waals surface area contributed by atoms with Crippen LogP contribution in [0.5, 0.6) is 0 Å². The van der Waals surface area contributed by atoms with Gasteiger partial charge in [-0.1, -0.05) is 30.0 Å². The summed E-state index contributed by atoms with van der Waals surface area (Å²) in [6.07, 6.45) is 1.05.